The number of nitrogens with one attached hydrogen (secondary N) is 1. The lowest BCUT2D eigenvalue weighted by molar-refractivity contribution is -0.120. The smallest absolute Gasteiger partial charge is 0.250 e. The van der Waals surface area contributed by atoms with Gasteiger partial charge in [0.05, 0.1) is 11.6 Å². The molecule has 78 valence electrons. The first-order chi connectivity index (χ1) is 7.26. The van der Waals surface area contributed by atoms with Gasteiger partial charge in [0.1, 0.15) is 6.61 Å². The van der Waals surface area contributed by atoms with Crippen LogP contribution in [0.15, 0.2) is 24.3 Å². The van der Waals surface area contributed by atoms with Crippen molar-refractivity contribution in [2.24, 2.45) is 0 Å². The van der Waals surface area contributed by atoms with Crippen LogP contribution < -0.4 is 5.32 Å². The van der Waals surface area contributed by atoms with Gasteiger partial charge < -0.3 is 10.1 Å². The number of nitrogens with zero attached hydrogens (tertiary/aromatic N) is 1. The minimum absolute atomic E-state index is 0.0350. The van der Waals surface area contributed by atoms with Crippen LogP contribution in [0.2, 0.25) is 0 Å². The van der Waals surface area contributed by atoms with E-state index in [1.54, 1.807) is 24.3 Å². The van der Waals surface area contributed by atoms with E-state index in [4.69, 9.17) is 10.00 Å². The van der Waals surface area contributed by atoms with E-state index in [-0.39, 0.29) is 12.5 Å². The van der Waals surface area contributed by atoms with Crippen LogP contribution in [0.5, 0.6) is 0 Å². The lowest BCUT2D eigenvalue weighted by atomic mass is 10.2. The quantitative estimate of drug-likeness (QED) is 0.809. The molecule has 1 rings (SSSR count). The number of benzene rings is 1. The van der Waals surface area contributed by atoms with Crippen LogP contribution in [-0.4, -0.2) is 19.1 Å². The molecule has 0 atom stereocenters. The second-order valence-corrected chi connectivity index (χ2v) is 2.88. The number of hydrogen-bond acceptors (Lipinski definition) is 3. The van der Waals surface area contributed by atoms with Crippen LogP contribution in [0.3, 0.4) is 0 Å². The molecule has 1 N–H and O–H groups in total. The second-order valence-electron chi connectivity index (χ2n) is 2.88. The predicted octanol–water partition coefficient (Wildman–Crippen LogP) is 1.53. The van der Waals surface area contributed by atoms with Gasteiger partial charge in [-0.15, -0.1) is 0 Å². The molecule has 0 radical (unpaired) electrons. The maximum atomic E-state index is 11.3. The summed E-state index contributed by atoms with van der Waals surface area (Å²) in [5.41, 5.74) is 1.13. The number of ether oxygens (including phenoxy) is 1. The van der Waals surface area contributed by atoms with Crippen molar-refractivity contribution in [1.82, 2.24) is 0 Å². The van der Waals surface area contributed by atoms with Gasteiger partial charge in [-0.2, -0.15) is 5.26 Å². The zero-order valence-electron chi connectivity index (χ0n) is 8.49. The molecule has 0 saturated carbocycles. The summed E-state index contributed by atoms with van der Waals surface area (Å²) in [6, 6.07) is 8.74. The van der Waals surface area contributed by atoms with Gasteiger partial charge in [0, 0.05) is 12.3 Å². The fourth-order valence-corrected chi connectivity index (χ4v) is 1.06. The monoisotopic (exact) mass is 204 g/mol. The summed E-state index contributed by atoms with van der Waals surface area (Å²) in [7, 11) is 0. The SMILES string of the molecule is CCOCC(=O)Nc1cccc(C#N)c1. The van der Waals surface area contributed by atoms with Crippen molar-refractivity contribution in [2.75, 3.05) is 18.5 Å². The van der Waals surface area contributed by atoms with Crippen molar-refractivity contribution in [3.63, 3.8) is 0 Å². The standard InChI is InChI=1S/C11H12N2O2/c1-2-15-8-11(14)13-10-5-3-4-9(6-10)7-12/h3-6H,2,8H2,1H3,(H,13,14). The first-order valence-corrected chi connectivity index (χ1v) is 4.64. The normalized spacial score (nSPS) is 9.33. The molecule has 4 nitrogen and oxygen atoms in total. The van der Waals surface area contributed by atoms with Gasteiger partial charge in [-0.25, -0.2) is 0 Å². The van der Waals surface area contributed by atoms with Gasteiger partial charge in [0.25, 0.3) is 0 Å². The van der Waals surface area contributed by atoms with E-state index >= 15 is 0 Å². The average Bonchev–Trinajstić information content (AvgIpc) is 2.26. The Balaban J connectivity index is 2.57. The molecule has 15 heavy (non-hydrogen) atoms. The Bertz CT molecular complexity index is 382. The molecule has 0 aliphatic carbocycles. The Labute approximate surface area is 88.5 Å². The first-order valence-electron chi connectivity index (χ1n) is 4.64. The molecule has 0 fully saturated rings. The molecule has 0 bridgehead atoms. The van der Waals surface area contributed by atoms with E-state index in [1.807, 2.05) is 13.0 Å². The number of anilines is 1. The molecule has 0 aromatic heterocycles. The van der Waals surface area contributed by atoms with Crippen molar-refractivity contribution in [3.05, 3.63) is 29.8 Å². The zero-order valence-corrected chi connectivity index (χ0v) is 8.49. The molecular weight excluding hydrogens is 192 g/mol. The van der Waals surface area contributed by atoms with E-state index in [0.29, 0.717) is 17.9 Å². The van der Waals surface area contributed by atoms with Crippen LogP contribution in [0.4, 0.5) is 5.69 Å². The minimum atomic E-state index is -0.216. The third-order valence-electron chi connectivity index (χ3n) is 1.71. The fraction of sp³-hybridized carbons (Fsp3) is 0.273. The van der Waals surface area contributed by atoms with Crippen LogP contribution in [-0.2, 0) is 9.53 Å². The third-order valence-corrected chi connectivity index (χ3v) is 1.71. The molecule has 0 spiro atoms. The Kier molecular flexibility index (Phi) is 4.32. The number of amides is 1. The molecule has 0 saturated heterocycles. The molecule has 4 heteroatoms. The Morgan fingerprint density at radius 2 is 2.40 bits per heavy atom. The Morgan fingerprint density at radius 1 is 1.60 bits per heavy atom. The van der Waals surface area contributed by atoms with Crippen molar-refractivity contribution in [2.45, 2.75) is 6.92 Å². The molecule has 0 heterocycles. The van der Waals surface area contributed by atoms with Gasteiger partial charge in [-0.05, 0) is 25.1 Å². The number of hydrogen-bond donors (Lipinski definition) is 1. The topological polar surface area (TPSA) is 62.1 Å². The van der Waals surface area contributed by atoms with Gasteiger partial charge in [0.2, 0.25) is 5.91 Å². The van der Waals surface area contributed by atoms with Crippen molar-refractivity contribution in [1.29, 1.82) is 5.26 Å². The summed E-state index contributed by atoms with van der Waals surface area (Å²) in [6.07, 6.45) is 0. The molecule has 1 aromatic rings. The summed E-state index contributed by atoms with van der Waals surface area (Å²) < 4.78 is 4.95. The highest BCUT2D eigenvalue weighted by molar-refractivity contribution is 5.91. The second kappa shape index (κ2) is 5.78. The largest absolute Gasteiger partial charge is 0.372 e. The molecule has 1 amide bonds. The maximum absolute atomic E-state index is 11.3. The Morgan fingerprint density at radius 3 is 3.07 bits per heavy atom. The van der Waals surface area contributed by atoms with Crippen molar-refractivity contribution >= 4 is 11.6 Å². The van der Waals surface area contributed by atoms with Crippen LogP contribution in [0, 0.1) is 11.3 Å². The van der Waals surface area contributed by atoms with Gasteiger partial charge >= 0.3 is 0 Å². The number of carbonyl (C=O) groups excluding carboxylic acids is 1. The third kappa shape index (κ3) is 3.79. The summed E-state index contributed by atoms with van der Waals surface area (Å²) in [5, 5.41) is 11.3. The van der Waals surface area contributed by atoms with Gasteiger partial charge in [-0.3, -0.25) is 4.79 Å². The molecule has 0 unspecified atom stereocenters. The summed E-state index contributed by atoms with van der Waals surface area (Å²) >= 11 is 0. The highest BCUT2D eigenvalue weighted by atomic mass is 16.5. The van der Waals surface area contributed by atoms with Crippen LogP contribution >= 0.6 is 0 Å². The van der Waals surface area contributed by atoms with Crippen molar-refractivity contribution in [3.8, 4) is 6.07 Å². The summed E-state index contributed by atoms with van der Waals surface area (Å²) in [6.45, 7) is 2.36. The Hall–Kier alpha value is -1.86. The van der Waals surface area contributed by atoms with Crippen LogP contribution in [0.25, 0.3) is 0 Å². The van der Waals surface area contributed by atoms with Crippen molar-refractivity contribution < 1.29 is 9.53 Å². The maximum Gasteiger partial charge on any atom is 0.250 e. The molecule has 0 aliphatic rings. The van der Waals surface area contributed by atoms with E-state index in [1.165, 1.54) is 0 Å². The highest BCUT2D eigenvalue weighted by Gasteiger charge is 2.01. The van der Waals surface area contributed by atoms with E-state index in [9.17, 15) is 4.79 Å². The first kappa shape index (κ1) is 11.2. The molecular formula is C11H12N2O2. The minimum Gasteiger partial charge on any atom is -0.372 e. The van der Waals surface area contributed by atoms with Gasteiger partial charge in [-0.1, -0.05) is 6.07 Å². The van der Waals surface area contributed by atoms with Gasteiger partial charge in [0.15, 0.2) is 0 Å². The average molecular weight is 204 g/mol. The molecule has 0 aliphatic heterocycles. The fourth-order valence-electron chi connectivity index (χ4n) is 1.06. The number of carbonyl (C=O) groups is 1. The summed E-state index contributed by atoms with van der Waals surface area (Å²) in [5.74, 6) is -0.216. The zero-order chi connectivity index (χ0) is 11.1. The van der Waals surface area contributed by atoms with Crippen LogP contribution in [0.1, 0.15) is 12.5 Å². The van der Waals surface area contributed by atoms with E-state index < -0.39 is 0 Å². The lowest BCUT2D eigenvalue weighted by Crippen LogP contribution is -2.18. The number of nitriles is 1. The summed E-state index contributed by atoms with van der Waals surface area (Å²) in [4.78, 5) is 11.3. The highest BCUT2D eigenvalue weighted by Crippen LogP contribution is 2.09. The van der Waals surface area contributed by atoms with E-state index in [2.05, 4.69) is 5.32 Å². The van der Waals surface area contributed by atoms with E-state index in [0.717, 1.165) is 0 Å². The lowest BCUT2D eigenvalue weighted by Gasteiger charge is -2.04. The number of rotatable bonds is 4. The predicted molar refractivity (Wildman–Crippen MR) is 56.3 cm³/mol. The molecule has 1 aromatic carbocycles.